The van der Waals surface area contributed by atoms with Crippen LogP contribution in [0.2, 0.25) is 0 Å². The summed E-state index contributed by atoms with van der Waals surface area (Å²) in [4.78, 5) is 38.2. The predicted molar refractivity (Wildman–Crippen MR) is 116 cm³/mol. The molecule has 0 radical (unpaired) electrons. The zero-order chi connectivity index (χ0) is 22.0. The van der Waals surface area contributed by atoms with Gasteiger partial charge in [-0.2, -0.15) is 5.10 Å². The number of carbonyl (C=O) groups excluding carboxylic acids is 3. The maximum atomic E-state index is 12.8. The van der Waals surface area contributed by atoms with Gasteiger partial charge in [-0.3, -0.25) is 9.59 Å². The maximum absolute atomic E-state index is 12.8. The molecule has 1 aromatic heterocycles. The first-order valence-corrected chi connectivity index (χ1v) is 9.74. The van der Waals surface area contributed by atoms with E-state index in [1.807, 2.05) is 18.0 Å². The molecule has 1 aliphatic heterocycles. The van der Waals surface area contributed by atoms with Crippen molar-refractivity contribution in [2.45, 2.75) is 6.92 Å². The topological polar surface area (TPSA) is 106 Å². The lowest BCUT2D eigenvalue weighted by molar-refractivity contribution is -0.115. The Bertz CT molecular complexity index is 1170. The number of anilines is 3. The van der Waals surface area contributed by atoms with E-state index in [4.69, 9.17) is 4.74 Å². The van der Waals surface area contributed by atoms with Crippen molar-refractivity contribution in [3.63, 3.8) is 0 Å². The van der Waals surface area contributed by atoms with Crippen LogP contribution in [0, 0.1) is 0 Å². The minimum atomic E-state index is -0.490. The number of likely N-dealkylation sites (N-methyl/N-ethyl adjacent to an activating group) is 1. The summed E-state index contributed by atoms with van der Waals surface area (Å²) < 4.78 is 6.49. The largest absolute Gasteiger partial charge is 0.461 e. The summed E-state index contributed by atoms with van der Waals surface area (Å²) in [5.74, 6) is -0.923. The molecule has 0 bridgehead atoms. The first-order valence-electron chi connectivity index (χ1n) is 9.74. The van der Waals surface area contributed by atoms with Crippen LogP contribution >= 0.6 is 0 Å². The van der Waals surface area contributed by atoms with Crippen LogP contribution in [0.25, 0.3) is 5.69 Å². The van der Waals surface area contributed by atoms with Crippen LogP contribution in [-0.4, -0.2) is 47.8 Å². The van der Waals surface area contributed by atoms with Crippen molar-refractivity contribution in [3.8, 4) is 5.69 Å². The Labute approximate surface area is 178 Å². The molecule has 2 amide bonds. The van der Waals surface area contributed by atoms with Gasteiger partial charge in [0.15, 0.2) is 5.69 Å². The molecule has 2 aromatic carbocycles. The number of hydrogen-bond acceptors (Lipinski definition) is 6. The van der Waals surface area contributed by atoms with Gasteiger partial charge in [0, 0.05) is 24.5 Å². The quantitative estimate of drug-likeness (QED) is 0.616. The van der Waals surface area contributed by atoms with Crippen molar-refractivity contribution < 1.29 is 19.1 Å². The Morgan fingerprint density at radius 3 is 2.84 bits per heavy atom. The SMILES string of the molecule is CCOC(=O)c1ccn(-c2cccc(NC(=O)c3ccc4c(c3)NC(=O)CN4C)c2)n1. The van der Waals surface area contributed by atoms with Crippen LogP contribution in [-0.2, 0) is 9.53 Å². The molecule has 4 rings (SSSR count). The number of benzene rings is 2. The molecule has 0 saturated carbocycles. The van der Waals surface area contributed by atoms with Crippen molar-refractivity contribution in [3.05, 3.63) is 66.0 Å². The van der Waals surface area contributed by atoms with E-state index in [1.165, 1.54) is 4.68 Å². The van der Waals surface area contributed by atoms with Gasteiger partial charge in [-0.25, -0.2) is 9.48 Å². The van der Waals surface area contributed by atoms with Gasteiger partial charge < -0.3 is 20.3 Å². The molecule has 2 heterocycles. The smallest absolute Gasteiger partial charge is 0.358 e. The highest BCUT2D eigenvalue weighted by Gasteiger charge is 2.20. The number of esters is 1. The third-order valence-corrected chi connectivity index (χ3v) is 4.77. The van der Waals surface area contributed by atoms with E-state index in [9.17, 15) is 14.4 Å². The van der Waals surface area contributed by atoms with E-state index in [0.717, 1.165) is 5.69 Å². The normalized spacial score (nSPS) is 12.7. The molecule has 0 unspecified atom stereocenters. The molecule has 0 saturated heterocycles. The molecule has 1 aliphatic rings. The number of aromatic nitrogens is 2. The highest BCUT2D eigenvalue weighted by molar-refractivity contribution is 6.08. The van der Waals surface area contributed by atoms with Crippen LogP contribution < -0.4 is 15.5 Å². The lowest BCUT2D eigenvalue weighted by atomic mass is 10.1. The van der Waals surface area contributed by atoms with E-state index >= 15 is 0 Å². The zero-order valence-corrected chi connectivity index (χ0v) is 17.1. The second-order valence-corrected chi connectivity index (χ2v) is 7.01. The van der Waals surface area contributed by atoms with Crippen LogP contribution in [0.3, 0.4) is 0 Å². The zero-order valence-electron chi connectivity index (χ0n) is 17.1. The van der Waals surface area contributed by atoms with Crippen LogP contribution in [0.1, 0.15) is 27.8 Å². The molecule has 0 fully saturated rings. The molecule has 9 nitrogen and oxygen atoms in total. The summed E-state index contributed by atoms with van der Waals surface area (Å²) in [5, 5.41) is 9.86. The summed E-state index contributed by atoms with van der Waals surface area (Å²) in [6.07, 6.45) is 1.65. The van der Waals surface area contributed by atoms with Gasteiger partial charge in [-0.1, -0.05) is 6.07 Å². The average Bonchev–Trinajstić information content (AvgIpc) is 3.24. The summed E-state index contributed by atoms with van der Waals surface area (Å²) in [6.45, 7) is 2.28. The van der Waals surface area contributed by atoms with E-state index in [-0.39, 0.29) is 30.7 Å². The molecule has 0 spiro atoms. The Morgan fingerprint density at radius 1 is 1.19 bits per heavy atom. The van der Waals surface area contributed by atoms with Crippen molar-refractivity contribution in [1.29, 1.82) is 0 Å². The Balaban J connectivity index is 1.52. The van der Waals surface area contributed by atoms with Gasteiger partial charge >= 0.3 is 5.97 Å². The fourth-order valence-electron chi connectivity index (χ4n) is 3.31. The summed E-state index contributed by atoms with van der Waals surface area (Å²) >= 11 is 0. The molecule has 158 valence electrons. The average molecular weight is 419 g/mol. The van der Waals surface area contributed by atoms with Crippen LogP contribution in [0.5, 0.6) is 0 Å². The Hall–Kier alpha value is -4.14. The maximum Gasteiger partial charge on any atom is 0.358 e. The molecule has 0 aliphatic carbocycles. The highest BCUT2D eigenvalue weighted by atomic mass is 16.5. The van der Waals surface area contributed by atoms with Crippen LogP contribution in [0.4, 0.5) is 17.1 Å². The number of nitrogens with one attached hydrogen (secondary N) is 2. The van der Waals surface area contributed by atoms with Crippen molar-refractivity contribution in [2.24, 2.45) is 0 Å². The number of carbonyl (C=O) groups is 3. The number of hydrogen-bond donors (Lipinski definition) is 2. The number of amides is 2. The van der Waals surface area contributed by atoms with E-state index < -0.39 is 5.97 Å². The van der Waals surface area contributed by atoms with Gasteiger partial charge in [0.1, 0.15) is 0 Å². The van der Waals surface area contributed by atoms with E-state index in [2.05, 4.69) is 15.7 Å². The van der Waals surface area contributed by atoms with Gasteiger partial charge in [0.2, 0.25) is 5.91 Å². The molecular weight excluding hydrogens is 398 g/mol. The number of rotatable bonds is 5. The third-order valence-electron chi connectivity index (χ3n) is 4.77. The molecule has 9 heteroatoms. The lowest BCUT2D eigenvalue weighted by Gasteiger charge is -2.27. The van der Waals surface area contributed by atoms with Crippen molar-refractivity contribution in [1.82, 2.24) is 9.78 Å². The molecule has 31 heavy (non-hydrogen) atoms. The van der Waals surface area contributed by atoms with Crippen molar-refractivity contribution >= 4 is 34.8 Å². The Kier molecular flexibility index (Phi) is 5.40. The van der Waals surface area contributed by atoms with E-state index in [1.54, 1.807) is 55.6 Å². The first kappa shape index (κ1) is 20.1. The predicted octanol–water partition coefficient (Wildman–Crippen LogP) is 2.69. The second-order valence-electron chi connectivity index (χ2n) is 7.01. The van der Waals surface area contributed by atoms with Gasteiger partial charge in [-0.15, -0.1) is 0 Å². The minimum absolute atomic E-state index is 0.123. The Morgan fingerprint density at radius 2 is 2.03 bits per heavy atom. The fourth-order valence-corrected chi connectivity index (χ4v) is 3.31. The van der Waals surface area contributed by atoms with Gasteiger partial charge in [0.25, 0.3) is 5.91 Å². The number of nitrogens with zero attached hydrogens (tertiary/aromatic N) is 3. The minimum Gasteiger partial charge on any atom is -0.461 e. The third kappa shape index (κ3) is 4.25. The van der Waals surface area contributed by atoms with Crippen LogP contribution in [0.15, 0.2) is 54.7 Å². The van der Waals surface area contributed by atoms with E-state index in [0.29, 0.717) is 22.6 Å². The molecule has 2 N–H and O–H groups in total. The summed E-state index contributed by atoms with van der Waals surface area (Å²) in [5.41, 5.74) is 3.32. The standard InChI is InChI=1S/C22H21N5O4/c1-3-31-22(30)17-9-10-27(25-17)16-6-4-5-15(12-16)23-21(29)14-7-8-19-18(11-14)24-20(28)13-26(19)2/h4-12H,3,13H2,1-2H3,(H,23,29)(H,24,28). The fraction of sp³-hybridized carbons (Fsp3) is 0.182. The summed E-state index contributed by atoms with van der Waals surface area (Å²) in [7, 11) is 1.82. The van der Waals surface area contributed by atoms with Crippen molar-refractivity contribution in [2.75, 3.05) is 35.7 Å². The highest BCUT2D eigenvalue weighted by Crippen LogP contribution is 2.29. The van der Waals surface area contributed by atoms with Gasteiger partial charge in [-0.05, 0) is 49.4 Å². The first-order chi connectivity index (χ1) is 14.9. The number of ether oxygens (including phenoxy) is 1. The monoisotopic (exact) mass is 419 g/mol. The lowest BCUT2D eigenvalue weighted by Crippen LogP contribution is -2.35. The molecule has 3 aromatic rings. The molecular formula is C22H21N5O4. The van der Waals surface area contributed by atoms with Gasteiger partial charge in [0.05, 0.1) is 30.2 Å². The number of fused-ring (bicyclic) bond motifs is 1. The molecule has 0 atom stereocenters. The second kappa shape index (κ2) is 8.31. The summed E-state index contributed by atoms with van der Waals surface area (Å²) in [6, 6.07) is 13.8.